The molecular weight excluding hydrogens is 1100 g/mol. The van der Waals surface area contributed by atoms with Crippen LogP contribution in [0.25, 0.3) is 0 Å². The van der Waals surface area contributed by atoms with Crippen molar-refractivity contribution in [3.05, 3.63) is 89.5 Å². The molecule has 0 bridgehead atoms. The van der Waals surface area contributed by atoms with E-state index in [1.165, 1.54) is 73.3 Å². The number of nitrogens with two attached hydrogens (primary N) is 1. The summed E-state index contributed by atoms with van der Waals surface area (Å²) in [7, 11) is -1.33. The van der Waals surface area contributed by atoms with Gasteiger partial charge in [-0.1, -0.05) is 117 Å². The first-order valence-electron chi connectivity index (χ1n) is 28.2. The average Bonchev–Trinajstić information content (AvgIpc) is 1.91. The van der Waals surface area contributed by atoms with Gasteiger partial charge in [-0.3, -0.25) is 48.2 Å². The first-order chi connectivity index (χ1) is 38.9. The average molecular weight is 1190 g/mol. The van der Waals surface area contributed by atoms with Crippen LogP contribution in [-0.2, 0) is 64.3 Å². The number of anilines is 1. The van der Waals surface area contributed by atoms with Crippen molar-refractivity contribution in [2.45, 2.75) is 176 Å². The van der Waals surface area contributed by atoms with Crippen molar-refractivity contribution in [1.82, 2.24) is 40.7 Å². The number of benzene rings is 2. The number of unbranched alkanes of at least 4 members (excludes halogenated alkanes) is 2. The van der Waals surface area contributed by atoms with Crippen LogP contribution in [-0.4, -0.2) is 145 Å². The number of nitrogens with one attached hydrogen (secondary N) is 6. The van der Waals surface area contributed by atoms with Crippen LogP contribution < -0.4 is 37.0 Å². The molecule has 24 heteroatoms. The van der Waals surface area contributed by atoms with E-state index < -0.39 is 116 Å². The number of urea groups is 1. The standard InChI is InChI=1S/C60H90N10O13S/c1-37(2)44(68(14)55(78)49(58(6,7)8)66-54(77)50(69(15)57(80)83-59(9,10)11)60(12,13)41-23-18-16-19-24-41)35-39(5)51(74)67-84(81,82)36-40-27-29-42(30-28-40)63-52(75)43(25-22-33-62-56(61)79)64-53(76)48(38(3)4)65-45(71)26-20-17-21-34-70-46(72)31-32-47(70)73/h16,18-19,23-24,27-32,35,37-38,43-44,48-50H,17,20-22,25-26,33-34,36H2,1-15H3,(H,63,75)(H,64,76)(H,65,71)(H,66,77)(H,67,74)(H3,61,62,79)/b39-35+. The normalized spacial score (nSPS) is 14.9. The van der Waals surface area contributed by atoms with Gasteiger partial charge in [0.25, 0.3) is 17.7 Å². The summed E-state index contributed by atoms with van der Waals surface area (Å²) in [6.45, 7) is 23.0. The summed E-state index contributed by atoms with van der Waals surface area (Å²) in [5.41, 5.74) is 3.71. The maximum atomic E-state index is 14.7. The van der Waals surface area contributed by atoms with E-state index in [1.807, 2.05) is 58.0 Å². The smallest absolute Gasteiger partial charge is 0.410 e. The van der Waals surface area contributed by atoms with Gasteiger partial charge in [-0.2, -0.15) is 0 Å². The Bertz CT molecular complexity index is 2840. The molecule has 84 heavy (non-hydrogen) atoms. The van der Waals surface area contributed by atoms with Gasteiger partial charge in [0.15, 0.2) is 0 Å². The predicted molar refractivity (Wildman–Crippen MR) is 319 cm³/mol. The molecule has 2 aromatic carbocycles. The van der Waals surface area contributed by atoms with E-state index in [-0.39, 0.29) is 66.9 Å². The molecule has 0 saturated carbocycles. The molecule has 0 aromatic heterocycles. The lowest BCUT2D eigenvalue weighted by molar-refractivity contribution is -0.142. The molecule has 0 fully saturated rings. The number of hydrogen-bond acceptors (Lipinski definition) is 13. The zero-order valence-electron chi connectivity index (χ0n) is 51.5. The number of carbonyl (C=O) groups is 10. The summed E-state index contributed by atoms with van der Waals surface area (Å²) in [6.07, 6.45) is 4.97. The fraction of sp³-hybridized carbons (Fsp3) is 0.567. The summed E-state index contributed by atoms with van der Waals surface area (Å²) in [6, 6.07) is 8.90. The second-order valence-corrected chi connectivity index (χ2v) is 26.3. The number of imide groups is 1. The van der Waals surface area contributed by atoms with Crippen molar-refractivity contribution in [1.29, 1.82) is 0 Å². The van der Waals surface area contributed by atoms with Crippen molar-refractivity contribution in [3.63, 3.8) is 0 Å². The zero-order chi connectivity index (χ0) is 63.7. The molecule has 23 nitrogen and oxygen atoms in total. The molecule has 1 aliphatic heterocycles. The number of nitrogens with zero attached hydrogens (tertiary/aromatic N) is 3. The third-order valence-electron chi connectivity index (χ3n) is 14.1. The topological polar surface area (TPSA) is 322 Å². The van der Waals surface area contributed by atoms with Crippen LogP contribution in [0.2, 0.25) is 0 Å². The van der Waals surface area contributed by atoms with Crippen LogP contribution in [0.4, 0.5) is 15.3 Å². The van der Waals surface area contributed by atoms with E-state index in [4.69, 9.17) is 10.5 Å². The highest BCUT2D eigenvalue weighted by Gasteiger charge is 2.46. The molecule has 2 aromatic rings. The third-order valence-corrected chi connectivity index (χ3v) is 15.3. The molecular formula is C60H90N10O13S. The molecule has 3 rings (SSSR count). The largest absolute Gasteiger partial charge is 0.444 e. The highest BCUT2D eigenvalue weighted by atomic mass is 32.2. The van der Waals surface area contributed by atoms with Crippen molar-refractivity contribution >= 4 is 75.1 Å². The molecule has 0 radical (unpaired) electrons. The Kier molecular flexibility index (Phi) is 25.9. The lowest BCUT2D eigenvalue weighted by Gasteiger charge is -2.42. The van der Waals surface area contributed by atoms with Gasteiger partial charge in [-0.05, 0) is 93.9 Å². The Balaban J connectivity index is 1.73. The highest BCUT2D eigenvalue weighted by molar-refractivity contribution is 7.89. The summed E-state index contributed by atoms with van der Waals surface area (Å²) in [5, 5.41) is 13.6. The quantitative estimate of drug-likeness (QED) is 0.0309. The second kappa shape index (κ2) is 30.8. The third kappa shape index (κ3) is 21.8. The minimum Gasteiger partial charge on any atom is -0.444 e. The molecule has 1 heterocycles. The Morgan fingerprint density at radius 1 is 0.726 bits per heavy atom. The maximum Gasteiger partial charge on any atom is 0.410 e. The van der Waals surface area contributed by atoms with Crippen LogP contribution in [0.3, 0.4) is 0 Å². The first kappa shape index (κ1) is 70.6. The van der Waals surface area contributed by atoms with Crippen LogP contribution in [0.1, 0.15) is 140 Å². The van der Waals surface area contributed by atoms with Crippen LogP contribution in [0.15, 0.2) is 78.4 Å². The van der Waals surface area contributed by atoms with Gasteiger partial charge in [-0.15, -0.1) is 0 Å². The Labute approximate surface area is 495 Å². The van der Waals surface area contributed by atoms with Crippen molar-refractivity contribution in [3.8, 4) is 0 Å². The molecule has 464 valence electrons. The van der Waals surface area contributed by atoms with Crippen molar-refractivity contribution in [2.24, 2.45) is 23.0 Å². The molecule has 0 aliphatic carbocycles. The second-order valence-electron chi connectivity index (χ2n) is 24.6. The number of amides is 11. The number of carbonyl (C=O) groups excluding carboxylic acids is 10. The molecule has 11 amide bonds. The minimum absolute atomic E-state index is 0.0121. The summed E-state index contributed by atoms with van der Waals surface area (Å²) in [5.74, 6) is -5.87. The lowest BCUT2D eigenvalue weighted by atomic mass is 9.76. The number of sulfonamides is 1. The summed E-state index contributed by atoms with van der Waals surface area (Å²) >= 11 is 0. The van der Waals surface area contributed by atoms with Gasteiger partial charge < -0.3 is 42.0 Å². The number of ether oxygens (including phenoxy) is 1. The fourth-order valence-corrected chi connectivity index (χ4v) is 10.5. The molecule has 5 unspecified atom stereocenters. The van der Waals surface area contributed by atoms with Crippen LogP contribution in [0.5, 0.6) is 0 Å². The van der Waals surface area contributed by atoms with E-state index in [0.717, 1.165) is 10.5 Å². The SMILES string of the molecule is C/C(=C\C(C(C)C)N(C)C(=O)C(NC(=O)C(N(C)C(=O)OC(C)(C)C)C(C)(C)c1ccccc1)C(C)(C)C)C(=O)NS(=O)(=O)Cc1ccc(NC(=O)C(CCCNC(N)=O)NC(=O)C(NC(=O)CCCCCN2C(=O)C=CC2=O)C(C)C)cc1. The number of primary amides is 1. The van der Waals surface area contributed by atoms with Gasteiger partial charge in [0.05, 0.1) is 11.8 Å². The van der Waals surface area contributed by atoms with Gasteiger partial charge in [0.2, 0.25) is 39.6 Å². The van der Waals surface area contributed by atoms with E-state index in [9.17, 15) is 56.4 Å². The van der Waals surface area contributed by atoms with Gasteiger partial charge >= 0.3 is 12.1 Å². The highest BCUT2D eigenvalue weighted by Crippen LogP contribution is 2.33. The van der Waals surface area contributed by atoms with E-state index >= 15 is 0 Å². The molecule has 0 spiro atoms. The molecule has 1 aliphatic rings. The van der Waals surface area contributed by atoms with E-state index in [0.29, 0.717) is 19.3 Å². The van der Waals surface area contributed by atoms with Gasteiger partial charge in [0.1, 0.15) is 29.8 Å². The predicted octanol–water partition coefficient (Wildman–Crippen LogP) is 5.30. The summed E-state index contributed by atoms with van der Waals surface area (Å²) in [4.78, 5) is 136. The first-order valence-corrected chi connectivity index (χ1v) is 29.9. The molecule has 8 N–H and O–H groups in total. The van der Waals surface area contributed by atoms with E-state index in [1.54, 1.807) is 55.4 Å². The fourth-order valence-electron chi connectivity index (χ4n) is 9.36. The monoisotopic (exact) mass is 1190 g/mol. The Morgan fingerprint density at radius 3 is 1.86 bits per heavy atom. The van der Waals surface area contributed by atoms with Crippen molar-refractivity contribution in [2.75, 3.05) is 32.5 Å². The lowest BCUT2D eigenvalue weighted by Crippen LogP contribution is -2.63. The minimum atomic E-state index is -4.34. The molecule has 5 atom stereocenters. The zero-order valence-corrected chi connectivity index (χ0v) is 52.3. The molecule has 0 saturated heterocycles. The summed E-state index contributed by atoms with van der Waals surface area (Å²) < 4.78 is 34.8. The number of likely N-dealkylation sites (N-methyl/N-ethyl adjacent to an activating group) is 2. The number of rotatable bonds is 29. The number of hydrogen-bond donors (Lipinski definition) is 7. The Morgan fingerprint density at radius 2 is 1.32 bits per heavy atom. The van der Waals surface area contributed by atoms with Crippen molar-refractivity contribution < 1.29 is 61.1 Å². The van der Waals surface area contributed by atoms with Crippen LogP contribution >= 0.6 is 0 Å². The maximum absolute atomic E-state index is 14.7. The van der Waals surface area contributed by atoms with E-state index in [2.05, 4.69) is 31.3 Å². The van der Waals surface area contributed by atoms with Crippen LogP contribution in [0, 0.1) is 17.3 Å². The van der Waals surface area contributed by atoms with Gasteiger partial charge in [0, 0.05) is 62.4 Å². The van der Waals surface area contributed by atoms with Gasteiger partial charge in [-0.25, -0.2) is 22.7 Å². The Hall–Kier alpha value is -7.63.